The van der Waals surface area contributed by atoms with Crippen molar-refractivity contribution in [3.05, 3.63) is 53.3 Å². The summed E-state index contributed by atoms with van der Waals surface area (Å²) in [5.74, 6) is 0.520. The summed E-state index contributed by atoms with van der Waals surface area (Å²) in [5.41, 5.74) is 8.37. The molecule has 5 nitrogen and oxygen atoms in total. The zero-order valence-electron chi connectivity index (χ0n) is 11.5. The van der Waals surface area contributed by atoms with Crippen LogP contribution < -0.4 is 15.8 Å². The van der Waals surface area contributed by atoms with Gasteiger partial charge in [-0.3, -0.25) is 9.78 Å². The number of nitrogens with zero attached hydrogens (tertiary/aromatic N) is 1. The van der Waals surface area contributed by atoms with Crippen LogP contribution in [0.3, 0.4) is 0 Å². The predicted molar refractivity (Wildman–Crippen MR) is 77.6 cm³/mol. The quantitative estimate of drug-likeness (QED) is 0.890. The van der Waals surface area contributed by atoms with Gasteiger partial charge in [0.25, 0.3) is 5.91 Å². The Labute approximate surface area is 117 Å². The number of carbonyl (C=O) groups excluding carboxylic acids is 1. The second-order valence-corrected chi connectivity index (χ2v) is 4.45. The van der Waals surface area contributed by atoms with E-state index >= 15 is 0 Å². The largest absolute Gasteiger partial charge is 0.497 e. The number of aromatic nitrogens is 1. The van der Waals surface area contributed by atoms with Gasteiger partial charge in [-0.05, 0) is 30.7 Å². The van der Waals surface area contributed by atoms with Crippen LogP contribution in [0, 0.1) is 6.92 Å². The summed E-state index contributed by atoms with van der Waals surface area (Å²) in [5, 5.41) is 2.81. The fraction of sp³-hybridized carbons (Fsp3) is 0.200. The van der Waals surface area contributed by atoms with Gasteiger partial charge >= 0.3 is 0 Å². The Bertz CT molecular complexity index is 626. The van der Waals surface area contributed by atoms with Crippen LogP contribution in [0.1, 0.15) is 21.6 Å². The fourth-order valence-corrected chi connectivity index (χ4v) is 1.83. The van der Waals surface area contributed by atoms with Gasteiger partial charge in [0.05, 0.1) is 12.7 Å². The molecule has 0 unspecified atom stereocenters. The second-order valence-electron chi connectivity index (χ2n) is 4.45. The van der Waals surface area contributed by atoms with Gasteiger partial charge in [0.15, 0.2) is 0 Å². The fourth-order valence-electron chi connectivity index (χ4n) is 1.83. The van der Waals surface area contributed by atoms with Gasteiger partial charge in [0, 0.05) is 24.1 Å². The van der Waals surface area contributed by atoms with Crippen molar-refractivity contribution in [3.63, 3.8) is 0 Å². The van der Waals surface area contributed by atoms with Crippen LogP contribution in [0.4, 0.5) is 5.69 Å². The van der Waals surface area contributed by atoms with Crippen LogP contribution >= 0.6 is 0 Å². The van der Waals surface area contributed by atoms with Gasteiger partial charge in [-0.2, -0.15) is 0 Å². The number of nitrogens with one attached hydrogen (secondary N) is 1. The average Bonchev–Trinajstić information content (AvgIpc) is 2.45. The van der Waals surface area contributed by atoms with Crippen molar-refractivity contribution in [2.24, 2.45) is 0 Å². The van der Waals surface area contributed by atoms with Crippen LogP contribution in [0.5, 0.6) is 5.75 Å². The van der Waals surface area contributed by atoms with Gasteiger partial charge in [-0.1, -0.05) is 12.1 Å². The zero-order valence-corrected chi connectivity index (χ0v) is 11.5. The first-order valence-electron chi connectivity index (χ1n) is 6.23. The van der Waals surface area contributed by atoms with Crippen LogP contribution in [-0.4, -0.2) is 18.0 Å². The first-order valence-corrected chi connectivity index (χ1v) is 6.23. The molecule has 0 saturated heterocycles. The van der Waals surface area contributed by atoms with Gasteiger partial charge in [-0.15, -0.1) is 0 Å². The molecule has 1 heterocycles. The summed E-state index contributed by atoms with van der Waals surface area (Å²) in [7, 11) is 1.61. The third kappa shape index (κ3) is 3.26. The highest BCUT2D eigenvalue weighted by Gasteiger charge is 2.10. The number of aryl methyl sites for hydroxylation is 1. The maximum absolute atomic E-state index is 12.0. The lowest BCUT2D eigenvalue weighted by atomic mass is 10.2. The zero-order chi connectivity index (χ0) is 14.5. The predicted octanol–water partition coefficient (Wildman–Crippen LogP) is 1.91. The number of nitrogen functional groups attached to an aromatic ring is 1. The molecule has 0 spiro atoms. The molecular formula is C15H17N3O2. The number of nitrogens with two attached hydrogens (primary N) is 1. The molecule has 0 bridgehead atoms. The number of hydrogen-bond acceptors (Lipinski definition) is 4. The van der Waals surface area contributed by atoms with Gasteiger partial charge in [0.1, 0.15) is 5.75 Å². The normalized spacial score (nSPS) is 10.1. The maximum atomic E-state index is 12.0. The Morgan fingerprint density at radius 1 is 1.40 bits per heavy atom. The lowest BCUT2D eigenvalue weighted by Gasteiger charge is -2.08. The number of methoxy groups -OCH3 is 1. The Morgan fingerprint density at radius 2 is 2.20 bits per heavy atom. The minimum absolute atomic E-state index is 0.238. The highest BCUT2D eigenvalue weighted by molar-refractivity contribution is 5.98. The minimum atomic E-state index is -0.238. The highest BCUT2D eigenvalue weighted by atomic mass is 16.5. The maximum Gasteiger partial charge on any atom is 0.255 e. The van der Waals surface area contributed by atoms with E-state index in [9.17, 15) is 4.79 Å². The number of benzene rings is 1. The molecule has 1 aromatic carbocycles. The summed E-state index contributed by atoms with van der Waals surface area (Å²) in [4.78, 5) is 16.1. The summed E-state index contributed by atoms with van der Waals surface area (Å²) >= 11 is 0. The molecule has 1 amide bonds. The van der Waals surface area contributed by atoms with E-state index in [1.165, 1.54) is 6.20 Å². The molecule has 1 aromatic heterocycles. The number of ether oxygens (including phenoxy) is 1. The SMILES string of the molecule is COc1cccc(CNC(=O)c2cnc(C)cc2N)c1. The summed E-state index contributed by atoms with van der Waals surface area (Å²) in [6.45, 7) is 2.23. The molecule has 0 aliphatic carbocycles. The van der Waals surface area contributed by atoms with Crippen molar-refractivity contribution in [2.75, 3.05) is 12.8 Å². The molecule has 2 rings (SSSR count). The number of pyridine rings is 1. The third-order valence-corrected chi connectivity index (χ3v) is 2.90. The molecule has 2 aromatic rings. The number of amides is 1. The molecule has 20 heavy (non-hydrogen) atoms. The van der Waals surface area contributed by atoms with Crippen molar-refractivity contribution < 1.29 is 9.53 Å². The van der Waals surface area contributed by atoms with E-state index < -0.39 is 0 Å². The lowest BCUT2D eigenvalue weighted by Crippen LogP contribution is -2.24. The Hall–Kier alpha value is -2.56. The van der Waals surface area contributed by atoms with Crippen molar-refractivity contribution in [1.29, 1.82) is 0 Å². The Kier molecular flexibility index (Phi) is 4.20. The monoisotopic (exact) mass is 271 g/mol. The molecule has 0 radical (unpaired) electrons. The van der Waals surface area contributed by atoms with Gasteiger partial charge < -0.3 is 15.8 Å². The van der Waals surface area contributed by atoms with E-state index in [4.69, 9.17) is 10.5 Å². The first kappa shape index (κ1) is 13.9. The molecule has 104 valence electrons. The number of rotatable bonds is 4. The molecule has 5 heteroatoms. The van der Waals surface area contributed by atoms with E-state index in [2.05, 4.69) is 10.3 Å². The first-order chi connectivity index (χ1) is 9.60. The van der Waals surface area contributed by atoms with E-state index in [-0.39, 0.29) is 5.91 Å². The molecule has 0 aliphatic rings. The third-order valence-electron chi connectivity index (χ3n) is 2.90. The van der Waals surface area contributed by atoms with Crippen LogP contribution in [0.2, 0.25) is 0 Å². The van der Waals surface area contributed by atoms with Crippen LogP contribution in [-0.2, 0) is 6.54 Å². The van der Waals surface area contributed by atoms with E-state index in [0.717, 1.165) is 17.0 Å². The topological polar surface area (TPSA) is 77.2 Å². The number of hydrogen-bond donors (Lipinski definition) is 2. The smallest absolute Gasteiger partial charge is 0.255 e. The van der Waals surface area contributed by atoms with Crippen molar-refractivity contribution in [1.82, 2.24) is 10.3 Å². The lowest BCUT2D eigenvalue weighted by molar-refractivity contribution is 0.0951. The number of carbonyl (C=O) groups is 1. The molecule has 0 atom stereocenters. The van der Waals surface area contributed by atoms with Crippen LogP contribution in [0.25, 0.3) is 0 Å². The van der Waals surface area contributed by atoms with Crippen LogP contribution in [0.15, 0.2) is 36.5 Å². The standard InChI is InChI=1S/C15H17N3O2/c1-10-6-14(16)13(9-17-10)15(19)18-8-11-4-3-5-12(7-11)20-2/h3-7,9H,8H2,1-2H3,(H2,16,17)(H,18,19). The molecule has 3 N–H and O–H groups in total. The summed E-state index contributed by atoms with van der Waals surface area (Å²) in [6.07, 6.45) is 1.49. The Morgan fingerprint density at radius 3 is 2.90 bits per heavy atom. The van der Waals surface area contributed by atoms with Gasteiger partial charge in [-0.25, -0.2) is 0 Å². The molecular weight excluding hydrogens is 254 g/mol. The number of anilines is 1. The molecule has 0 saturated carbocycles. The van der Waals surface area contributed by atoms with Gasteiger partial charge in [0.2, 0.25) is 0 Å². The summed E-state index contributed by atoms with van der Waals surface area (Å²) in [6, 6.07) is 9.20. The van der Waals surface area contributed by atoms with E-state index in [1.807, 2.05) is 31.2 Å². The molecule has 0 aliphatic heterocycles. The van der Waals surface area contributed by atoms with Crippen molar-refractivity contribution >= 4 is 11.6 Å². The highest BCUT2D eigenvalue weighted by Crippen LogP contribution is 2.14. The van der Waals surface area contributed by atoms with E-state index in [1.54, 1.807) is 13.2 Å². The second kappa shape index (κ2) is 6.06. The summed E-state index contributed by atoms with van der Waals surface area (Å²) < 4.78 is 5.14. The van der Waals surface area contributed by atoms with Crippen molar-refractivity contribution in [3.8, 4) is 5.75 Å². The minimum Gasteiger partial charge on any atom is -0.497 e. The Balaban J connectivity index is 2.04. The van der Waals surface area contributed by atoms with E-state index in [0.29, 0.717) is 17.8 Å². The average molecular weight is 271 g/mol. The molecule has 0 fully saturated rings. The van der Waals surface area contributed by atoms with Crippen molar-refractivity contribution in [2.45, 2.75) is 13.5 Å².